The Morgan fingerprint density at radius 1 is 1.39 bits per heavy atom. The first-order chi connectivity index (χ1) is 8.67. The molecule has 4 heteroatoms. The monoisotopic (exact) mass is 269 g/mol. The highest BCUT2D eigenvalue weighted by atomic mass is 35.5. The number of hydrogen-bond donors (Lipinski definition) is 1. The van der Waals surface area contributed by atoms with Crippen molar-refractivity contribution in [1.82, 2.24) is 5.32 Å². The van der Waals surface area contributed by atoms with Gasteiger partial charge in [0.1, 0.15) is 0 Å². The van der Waals surface area contributed by atoms with Gasteiger partial charge in [0, 0.05) is 22.7 Å². The number of nitrogens with one attached hydrogen (secondary N) is 1. The van der Waals surface area contributed by atoms with E-state index in [2.05, 4.69) is 5.32 Å². The van der Waals surface area contributed by atoms with Gasteiger partial charge in [-0.2, -0.15) is 0 Å². The molecule has 1 N–H and O–H groups in total. The van der Waals surface area contributed by atoms with Crippen molar-refractivity contribution in [2.75, 3.05) is 20.8 Å². The van der Waals surface area contributed by atoms with Crippen LogP contribution in [0.2, 0.25) is 5.02 Å². The molecule has 1 unspecified atom stereocenters. The summed E-state index contributed by atoms with van der Waals surface area (Å²) in [5.74, 6) is 1.52. The first kappa shape index (κ1) is 13.5. The van der Waals surface area contributed by atoms with Crippen molar-refractivity contribution in [2.45, 2.75) is 32.2 Å². The van der Waals surface area contributed by atoms with Crippen molar-refractivity contribution in [3.05, 3.63) is 22.2 Å². The number of methoxy groups -OCH3 is 2. The quantitative estimate of drug-likeness (QED) is 0.912. The van der Waals surface area contributed by atoms with Crippen LogP contribution in [0.4, 0.5) is 0 Å². The van der Waals surface area contributed by atoms with E-state index in [1.807, 2.05) is 13.0 Å². The summed E-state index contributed by atoms with van der Waals surface area (Å²) in [5, 5.41) is 4.24. The zero-order valence-electron chi connectivity index (χ0n) is 11.2. The van der Waals surface area contributed by atoms with Gasteiger partial charge >= 0.3 is 0 Å². The molecule has 1 fully saturated rings. The molecule has 1 saturated heterocycles. The molecule has 0 amide bonds. The van der Waals surface area contributed by atoms with Gasteiger partial charge in [-0.25, -0.2) is 0 Å². The first-order valence-electron chi connectivity index (χ1n) is 6.30. The molecule has 0 bridgehead atoms. The van der Waals surface area contributed by atoms with Gasteiger partial charge in [-0.15, -0.1) is 0 Å². The van der Waals surface area contributed by atoms with Crippen LogP contribution in [-0.2, 0) is 6.42 Å². The van der Waals surface area contributed by atoms with Crippen molar-refractivity contribution < 1.29 is 9.47 Å². The molecule has 1 atom stereocenters. The van der Waals surface area contributed by atoms with Gasteiger partial charge in [-0.3, -0.25) is 0 Å². The maximum absolute atomic E-state index is 6.26. The maximum atomic E-state index is 6.26. The predicted molar refractivity (Wildman–Crippen MR) is 74.0 cm³/mol. The summed E-state index contributed by atoms with van der Waals surface area (Å²) in [4.78, 5) is 0. The van der Waals surface area contributed by atoms with Gasteiger partial charge < -0.3 is 14.8 Å². The molecule has 0 aliphatic carbocycles. The molecular formula is C14H20ClNO2. The van der Waals surface area contributed by atoms with E-state index < -0.39 is 0 Å². The average Bonchev–Trinajstić information content (AvgIpc) is 2.87. The number of benzene rings is 1. The van der Waals surface area contributed by atoms with E-state index in [1.165, 1.54) is 12.8 Å². The number of rotatable bonds is 4. The van der Waals surface area contributed by atoms with Gasteiger partial charge in [-0.1, -0.05) is 11.6 Å². The van der Waals surface area contributed by atoms with Gasteiger partial charge in [0.15, 0.2) is 11.5 Å². The third kappa shape index (κ3) is 2.57. The number of ether oxygens (including phenoxy) is 2. The molecule has 0 aromatic heterocycles. The Bertz CT molecular complexity index is 428. The standard InChI is InChI=1S/C14H20ClNO2/c1-9-11(7-10-5-4-6-16-10)14(18-3)13(17-2)8-12(9)15/h8,10,16H,4-7H2,1-3H3. The molecular weight excluding hydrogens is 250 g/mol. The van der Waals surface area contributed by atoms with E-state index in [9.17, 15) is 0 Å². The van der Waals surface area contributed by atoms with Gasteiger partial charge in [-0.05, 0) is 38.3 Å². The minimum Gasteiger partial charge on any atom is -0.493 e. The molecule has 0 spiro atoms. The fraction of sp³-hybridized carbons (Fsp3) is 0.571. The molecule has 3 nitrogen and oxygen atoms in total. The second kappa shape index (κ2) is 5.81. The third-order valence-electron chi connectivity index (χ3n) is 3.60. The molecule has 1 aliphatic heterocycles. The zero-order valence-corrected chi connectivity index (χ0v) is 11.9. The van der Waals surface area contributed by atoms with Crippen LogP contribution in [-0.4, -0.2) is 26.8 Å². The van der Waals surface area contributed by atoms with Crippen molar-refractivity contribution in [3.8, 4) is 11.5 Å². The predicted octanol–water partition coefficient (Wildman–Crippen LogP) is 2.96. The van der Waals surface area contributed by atoms with Crippen molar-refractivity contribution in [1.29, 1.82) is 0 Å². The van der Waals surface area contributed by atoms with E-state index >= 15 is 0 Å². The lowest BCUT2D eigenvalue weighted by Crippen LogP contribution is -2.24. The second-order valence-electron chi connectivity index (χ2n) is 4.69. The van der Waals surface area contributed by atoms with Crippen LogP contribution in [0.5, 0.6) is 11.5 Å². The van der Waals surface area contributed by atoms with Crippen LogP contribution in [0.3, 0.4) is 0 Å². The minimum absolute atomic E-state index is 0.515. The van der Waals surface area contributed by atoms with Crippen molar-refractivity contribution in [3.63, 3.8) is 0 Å². The lowest BCUT2D eigenvalue weighted by molar-refractivity contribution is 0.350. The van der Waals surface area contributed by atoms with Crippen LogP contribution >= 0.6 is 11.6 Å². The van der Waals surface area contributed by atoms with E-state index in [1.54, 1.807) is 14.2 Å². The summed E-state index contributed by atoms with van der Waals surface area (Å²) in [6.45, 7) is 3.14. The summed E-state index contributed by atoms with van der Waals surface area (Å²) in [6, 6.07) is 2.34. The summed E-state index contributed by atoms with van der Waals surface area (Å²) < 4.78 is 10.8. The molecule has 1 heterocycles. The van der Waals surface area contributed by atoms with E-state index in [-0.39, 0.29) is 0 Å². The van der Waals surface area contributed by atoms with Crippen LogP contribution in [0.15, 0.2) is 6.07 Å². The molecule has 18 heavy (non-hydrogen) atoms. The normalized spacial score (nSPS) is 19.0. The smallest absolute Gasteiger partial charge is 0.164 e. The van der Waals surface area contributed by atoms with Crippen molar-refractivity contribution >= 4 is 11.6 Å². The largest absolute Gasteiger partial charge is 0.493 e. The highest BCUT2D eigenvalue weighted by Crippen LogP contribution is 2.38. The van der Waals surface area contributed by atoms with Crippen LogP contribution in [0, 0.1) is 6.92 Å². The fourth-order valence-corrected chi connectivity index (χ4v) is 2.76. The maximum Gasteiger partial charge on any atom is 0.164 e. The second-order valence-corrected chi connectivity index (χ2v) is 5.10. The minimum atomic E-state index is 0.515. The van der Waals surface area contributed by atoms with Crippen molar-refractivity contribution in [2.24, 2.45) is 0 Å². The number of halogens is 1. The van der Waals surface area contributed by atoms with Crippen LogP contribution in [0.25, 0.3) is 0 Å². The molecule has 1 aromatic rings. The molecule has 0 radical (unpaired) electrons. The topological polar surface area (TPSA) is 30.5 Å². The highest BCUT2D eigenvalue weighted by molar-refractivity contribution is 6.31. The summed E-state index contributed by atoms with van der Waals surface area (Å²) in [6.07, 6.45) is 3.38. The summed E-state index contributed by atoms with van der Waals surface area (Å²) >= 11 is 6.26. The highest BCUT2D eigenvalue weighted by Gasteiger charge is 2.21. The Balaban J connectivity index is 2.38. The van der Waals surface area contributed by atoms with E-state index in [0.29, 0.717) is 11.8 Å². The Morgan fingerprint density at radius 2 is 2.17 bits per heavy atom. The summed E-state index contributed by atoms with van der Waals surface area (Å²) in [7, 11) is 3.32. The third-order valence-corrected chi connectivity index (χ3v) is 4.00. The Hall–Kier alpha value is -0.930. The molecule has 0 saturated carbocycles. The first-order valence-corrected chi connectivity index (χ1v) is 6.68. The van der Waals surface area contributed by atoms with Crippen LogP contribution < -0.4 is 14.8 Å². The van der Waals surface area contributed by atoms with E-state index in [0.717, 1.165) is 34.9 Å². The molecule has 2 rings (SSSR count). The summed E-state index contributed by atoms with van der Waals surface area (Å²) in [5.41, 5.74) is 2.24. The van der Waals surface area contributed by atoms with Gasteiger partial charge in [0.2, 0.25) is 0 Å². The number of hydrogen-bond acceptors (Lipinski definition) is 3. The lowest BCUT2D eigenvalue weighted by atomic mass is 9.98. The molecule has 100 valence electrons. The molecule has 1 aromatic carbocycles. The lowest BCUT2D eigenvalue weighted by Gasteiger charge is -2.19. The van der Waals surface area contributed by atoms with Crippen LogP contribution in [0.1, 0.15) is 24.0 Å². The van der Waals surface area contributed by atoms with Gasteiger partial charge in [0.05, 0.1) is 14.2 Å². The van der Waals surface area contributed by atoms with Gasteiger partial charge in [0.25, 0.3) is 0 Å². The molecule has 1 aliphatic rings. The SMILES string of the molecule is COc1cc(Cl)c(C)c(CC2CCCN2)c1OC. The Labute approximate surface area is 113 Å². The Morgan fingerprint density at radius 3 is 2.72 bits per heavy atom. The Kier molecular flexibility index (Phi) is 4.36. The zero-order chi connectivity index (χ0) is 13.1. The average molecular weight is 270 g/mol. The van der Waals surface area contributed by atoms with E-state index in [4.69, 9.17) is 21.1 Å². The fourth-order valence-electron chi connectivity index (χ4n) is 2.55.